The molecule has 1 heterocycles. The fourth-order valence-corrected chi connectivity index (χ4v) is 3.72. The van der Waals surface area contributed by atoms with Gasteiger partial charge in [-0.05, 0) is 28.8 Å². The first kappa shape index (κ1) is 22.3. The van der Waals surface area contributed by atoms with Crippen molar-refractivity contribution in [3.63, 3.8) is 0 Å². The Morgan fingerprint density at radius 1 is 0.727 bits per heavy atom. The van der Waals surface area contributed by atoms with E-state index in [0.29, 0.717) is 39.3 Å². The van der Waals surface area contributed by atoms with Crippen molar-refractivity contribution in [1.82, 2.24) is 0 Å². The number of ether oxygens (including phenoxy) is 3. The summed E-state index contributed by atoms with van der Waals surface area (Å²) in [6, 6.07) is 14.9. The maximum absolute atomic E-state index is 12.8. The quantitative estimate of drug-likeness (QED) is 0.336. The zero-order valence-electron chi connectivity index (χ0n) is 17.9. The molecule has 4 rings (SSSR count). The van der Waals surface area contributed by atoms with Crippen molar-refractivity contribution in [2.24, 2.45) is 0 Å². The van der Waals surface area contributed by atoms with Crippen molar-refractivity contribution in [2.45, 2.75) is 6.18 Å². The Labute approximate surface area is 186 Å². The van der Waals surface area contributed by atoms with E-state index in [-0.39, 0.29) is 5.58 Å². The summed E-state index contributed by atoms with van der Waals surface area (Å²) < 4.78 is 60.2. The van der Waals surface area contributed by atoms with E-state index in [1.54, 1.807) is 30.3 Å². The molecule has 0 atom stereocenters. The molecule has 0 aliphatic carbocycles. The number of hydrogen-bond acceptors (Lipinski definition) is 5. The molecule has 0 aliphatic rings. The minimum atomic E-state index is -4.39. The largest absolute Gasteiger partial charge is 0.493 e. The van der Waals surface area contributed by atoms with Gasteiger partial charge in [0.15, 0.2) is 11.5 Å². The van der Waals surface area contributed by atoms with Crippen LogP contribution in [0.25, 0.3) is 33.2 Å². The summed E-state index contributed by atoms with van der Waals surface area (Å²) in [5.74, 6) is 1.04. The predicted molar refractivity (Wildman–Crippen MR) is 118 cm³/mol. The van der Waals surface area contributed by atoms with E-state index < -0.39 is 17.4 Å². The van der Waals surface area contributed by atoms with Gasteiger partial charge < -0.3 is 18.6 Å². The average molecular weight is 456 g/mol. The second kappa shape index (κ2) is 8.54. The predicted octanol–water partition coefficient (Wildman–Crippen LogP) is 6.17. The third-order valence-corrected chi connectivity index (χ3v) is 5.28. The SMILES string of the molecule is COc1cc2oc(=O)cc(-c3ccc(-c4ccc(C(F)(F)F)cc4)cc3)c2c(OC)c1OC. The van der Waals surface area contributed by atoms with Gasteiger partial charge >= 0.3 is 11.8 Å². The Morgan fingerprint density at radius 3 is 1.79 bits per heavy atom. The lowest BCUT2D eigenvalue weighted by molar-refractivity contribution is -0.137. The van der Waals surface area contributed by atoms with Crippen molar-refractivity contribution in [1.29, 1.82) is 0 Å². The van der Waals surface area contributed by atoms with Crippen molar-refractivity contribution in [3.8, 4) is 39.5 Å². The summed E-state index contributed by atoms with van der Waals surface area (Å²) in [6.45, 7) is 0. The van der Waals surface area contributed by atoms with Crippen molar-refractivity contribution < 1.29 is 31.8 Å². The zero-order valence-corrected chi connectivity index (χ0v) is 17.9. The molecule has 4 aromatic rings. The van der Waals surface area contributed by atoms with E-state index in [9.17, 15) is 18.0 Å². The molecule has 0 spiro atoms. The maximum Gasteiger partial charge on any atom is 0.416 e. The third-order valence-electron chi connectivity index (χ3n) is 5.28. The van der Waals surface area contributed by atoms with E-state index in [0.717, 1.165) is 17.7 Å². The molecule has 33 heavy (non-hydrogen) atoms. The molecular weight excluding hydrogens is 437 g/mol. The molecule has 0 saturated heterocycles. The number of methoxy groups -OCH3 is 3. The number of halogens is 3. The first-order valence-electron chi connectivity index (χ1n) is 9.81. The normalized spacial score (nSPS) is 11.5. The molecule has 0 aliphatic heterocycles. The molecule has 5 nitrogen and oxygen atoms in total. The van der Waals surface area contributed by atoms with E-state index in [1.807, 2.05) is 0 Å². The van der Waals surface area contributed by atoms with Crippen LogP contribution in [-0.4, -0.2) is 21.3 Å². The smallest absolute Gasteiger partial charge is 0.416 e. The van der Waals surface area contributed by atoms with Gasteiger partial charge in [-0.1, -0.05) is 36.4 Å². The highest BCUT2D eigenvalue weighted by atomic mass is 19.4. The van der Waals surface area contributed by atoms with Gasteiger partial charge in [-0.2, -0.15) is 13.2 Å². The number of alkyl halides is 3. The molecule has 8 heteroatoms. The highest BCUT2D eigenvalue weighted by molar-refractivity contribution is 6.01. The summed E-state index contributed by atoms with van der Waals surface area (Å²) in [7, 11) is 4.41. The molecule has 0 amide bonds. The van der Waals surface area contributed by atoms with Gasteiger partial charge in [0, 0.05) is 17.7 Å². The Bertz CT molecular complexity index is 1350. The molecular formula is C25H19F3O5. The molecule has 0 unspecified atom stereocenters. The standard InChI is InChI=1S/C25H19F3O5/c1-30-20-13-19-22(24(32-3)23(20)31-2)18(12-21(29)33-19)16-6-4-14(5-7-16)15-8-10-17(11-9-15)25(26,27)28/h4-13H,1-3H3. The van der Waals surface area contributed by atoms with Crippen molar-refractivity contribution in [2.75, 3.05) is 21.3 Å². The third kappa shape index (κ3) is 4.11. The van der Waals surface area contributed by atoms with Crippen LogP contribution in [-0.2, 0) is 6.18 Å². The monoisotopic (exact) mass is 456 g/mol. The molecule has 0 saturated carbocycles. The van der Waals surface area contributed by atoms with Crippen LogP contribution in [0.2, 0.25) is 0 Å². The molecule has 0 bridgehead atoms. The molecule has 0 N–H and O–H groups in total. The minimum absolute atomic E-state index is 0.263. The lowest BCUT2D eigenvalue weighted by Gasteiger charge is -2.16. The molecule has 0 radical (unpaired) electrons. The van der Waals surface area contributed by atoms with Crippen LogP contribution in [0.4, 0.5) is 13.2 Å². The maximum atomic E-state index is 12.8. The van der Waals surface area contributed by atoms with Crippen LogP contribution < -0.4 is 19.8 Å². The fraction of sp³-hybridized carbons (Fsp3) is 0.160. The van der Waals surface area contributed by atoms with Gasteiger partial charge in [-0.3, -0.25) is 0 Å². The van der Waals surface area contributed by atoms with Gasteiger partial charge in [0.05, 0.1) is 32.3 Å². The Balaban J connectivity index is 1.83. The highest BCUT2D eigenvalue weighted by Gasteiger charge is 2.30. The van der Waals surface area contributed by atoms with Crippen molar-refractivity contribution in [3.05, 3.63) is 76.6 Å². The van der Waals surface area contributed by atoms with E-state index >= 15 is 0 Å². The van der Waals surface area contributed by atoms with Gasteiger partial charge in [0.2, 0.25) is 5.75 Å². The van der Waals surface area contributed by atoms with Crippen LogP contribution in [0.5, 0.6) is 17.2 Å². The van der Waals surface area contributed by atoms with Gasteiger partial charge in [-0.25, -0.2) is 4.79 Å². The first-order chi connectivity index (χ1) is 15.8. The lowest BCUT2D eigenvalue weighted by atomic mass is 9.97. The summed E-state index contributed by atoms with van der Waals surface area (Å²) in [5, 5.41) is 0.525. The number of hydrogen-bond donors (Lipinski definition) is 0. The first-order valence-corrected chi connectivity index (χ1v) is 9.81. The zero-order chi connectivity index (χ0) is 23.8. The van der Waals surface area contributed by atoms with Crippen LogP contribution in [0.15, 0.2) is 69.9 Å². The average Bonchev–Trinajstić information content (AvgIpc) is 2.81. The van der Waals surface area contributed by atoms with Crippen LogP contribution in [0.3, 0.4) is 0 Å². The topological polar surface area (TPSA) is 57.9 Å². The van der Waals surface area contributed by atoms with E-state index in [1.165, 1.54) is 39.5 Å². The second-order valence-corrected chi connectivity index (χ2v) is 7.15. The van der Waals surface area contributed by atoms with Crippen LogP contribution in [0, 0.1) is 0 Å². The van der Waals surface area contributed by atoms with Gasteiger partial charge in [0.1, 0.15) is 5.58 Å². The summed E-state index contributed by atoms with van der Waals surface area (Å²) in [6.07, 6.45) is -4.39. The van der Waals surface area contributed by atoms with E-state index in [2.05, 4.69) is 0 Å². The molecule has 3 aromatic carbocycles. The van der Waals surface area contributed by atoms with Gasteiger partial charge in [0.25, 0.3) is 0 Å². The summed E-state index contributed by atoms with van der Waals surface area (Å²) in [4.78, 5) is 12.3. The summed E-state index contributed by atoms with van der Waals surface area (Å²) >= 11 is 0. The fourth-order valence-electron chi connectivity index (χ4n) is 3.72. The Kier molecular flexibility index (Phi) is 5.76. The molecule has 0 fully saturated rings. The van der Waals surface area contributed by atoms with Gasteiger partial charge in [-0.15, -0.1) is 0 Å². The Hall–Kier alpha value is -3.94. The summed E-state index contributed by atoms with van der Waals surface area (Å²) in [5.41, 5.74) is 1.60. The Morgan fingerprint density at radius 2 is 1.27 bits per heavy atom. The minimum Gasteiger partial charge on any atom is -0.493 e. The van der Waals surface area contributed by atoms with Crippen LogP contribution >= 0.6 is 0 Å². The molecule has 170 valence electrons. The van der Waals surface area contributed by atoms with Crippen LogP contribution in [0.1, 0.15) is 5.56 Å². The number of fused-ring (bicyclic) bond motifs is 1. The molecule has 1 aromatic heterocycles. The number of benzene rings is 3. The van der Waals surface area contributed by atoms with E-state index in [4.69, 9.17) is 18.6 Å². The number of rotatable bonds is 5. The second-order valence-electron chi connectivity index (χ2n) is 7.15. The highest BCUT2D eigenvalue weighted by Crippen LogP contribution is 2.46. The van der Waals surface area contributed by atoms with Crippen molar-refractivity contribution >= 4 is 11.0 Å². The lowest BCUT2D eigenvalue weighted by Crippen LogP contribution is -2.04.